The van der Waals surface area contributed by atoms with Gasteiger partial charge in [0.2, 0.25) is 11.8 Å². The number of sulfonamides is 1. The lowest BCUT2D eigenvalue weighted by Crippen LogP contribution is -2.56. The van der Waals surface area contributed by atoms with Crippen LogP contribution in [0.4, 0.5) is 5.69 Å². The summed E-state index contributed by atoms with van der Waals surface area (Å²) in [6.45, 7) is 6.94. The lowest BCUT2D eigenvalue weighted by molar-refractivity contribution is -0.140. The third kappa shape index (κ3) is 10.0. The Labute approximate surface area is 306 Å². The molecular formula is C42H45N3O6S. The van der Waals surface area contributed by atoms with Crippen LogP contribution in [-0.2, 0) is 32.6 Å². The van der Waals surface area contributed by atoms with E-state index in [9.17, 15) is 18.0 Å². The van der Waals surface area contributed by atoms with Crippen molar-refractivity contribution in [2.24, 2.45) is 0 Å². The fourth-order valence-electron chi connectivity index (χ4n) is 5.65. The first-order valence-corrected chi connectivity index (χ1v) is 18.5. The van der Waals surface area contributed by atoms with Crippen LogP contribution in [-0.4, -0.2) is 50.4 Å². The number of benzene rings is 5. The number of methoxy groups -OCH3 is 1. The van der Waals surface area contributed by atoms with E-state index >= 15 is 0 Å². The van der Waals surface area contributed by atoms with Crippen LogP contribution in [0.15, 0.2) is 138 Å². The second kappa shape index (κ2) is 16.6. The van der Waals surface area contributed by atoms with Crippen LogP contribution in [0.3, 0.4) is 0 Å². The van der Waals surface area contributed by atoms with Gasteiger partial charge in [0.15, 0.2) is 0 Å². The smallest absolute Gasteiger partial charge is 0.264 e. The quantitative estimate of drug-likeness (QED) is 0.127. The van der Waals surface area contributed by atoms with Crippen LogP contribution in [0.1, 0.15) is 37.5 Å². The molecule has 5 rings (SSSR count). The minimum Gasteiger partial charge on any atom is -0.497 e. The zero-order valence-electron chi connectivity index (χ0n) is 30.2. The Kier molecular flexibility index (Phi) is 12.0. The fraction of sp³-hybridized carbons (Fsp3) is 0.238. The van der Waals surface area contributed by atoms with Gasteiger partial charge in [-0.15, -0.1) is 0 Å². The molecule has 10 heteroatoms. The van der Waals surface area contributed by atoms with Gasteiger partial charge >= 0.3 is 0 Å². The number of para-hydroxylation sites is 1. The SMILES string of the molecule is COc1cccc(CN(C(=O)CN(c2ccc(Oc3ccccc3)cc2)S(=O)(=O)c2ccc(C)cc2)C(Cc2ccccc2)C(=O)NC(C)(C)C)c1. The molecule has 0 aliphatic rings. The average Bonchev–Trinajstić information content (AvgIpc) is 3.12. The van der Waals surface area contributed by atoms with Crippen LogP contribution in [0.5, 0.6) is 17.2 Å². The lowest BCUT2D eigenvalue weighted by Gasteiger charge is -2.35. The van der Waals surface area contributed by atoms with Crippen LogP contribution in [0.2, 0.25) is 0 Å². The molecule has 1 N–H and O–H groups in total. The number of hydrogen-bond donors (Lipinski definition) is 1. The highest BCUT2D eigenvalue weighted by Crippen LogP contribution is 2.29. The maximum Gasteiger partial charge on any atom is 0.264 e. The van der Waals surface area contributed by atoms with Crippen molar-refractivity contribution in [3.05, 3.63) is 150 Å². The summed E-state index contributed by atoms with van der Waals surface area (Å²) < 4.78 is 41.4. The highest BCUT2D eigenvalue weighted by atomic mass is 32.2. The monoisotopic (exact) mass is 719 g/mol. The summed E-state index contributed by atoms with van der Waals surface area (Å²) in [7, 11) is -2.71. The Morgan fingerprint density at radius 2 is 1.31 bits per heavy atom. The normalized spacial score (nSPS) is 12.0. The molecule has 0 saturated heterocycles. The molecule has 5 aromatic rings. The molecule has 0 heterocycles. The molecule has 52 heavy (non-hydrogen) atoms. The summed E-state index contributed by atoms with van der Waals surface area (Å²) in [5.41, 5.74) is 2.11. The maximum absolute atomic E-state index is 14.8. The first-order valence-electron chi connectivity index (χ1n) is 17.0. The zero-order valence-corrected chi connectivity index (χ0v) is 31.0. The highest BCUT2D eigenvalue weighted by molar-refractivity contribution is 7.92. The van der Waals surface area contributed by atoms with E-state index in [0.717, 1.165) is 15.4 Å². The number of amides is 2. The average molecular weight is 720 g/mol. The molecule has 0 spiro atoms. The summed E-state index contributed by atoms with van der Waals surface area (Å²) in [5.74, 6) is 0.789. The first-order chi connectivity index (χ1) is 24.8. The summed E-state index contributed by atoms with van der Waals surface area (Å²) in [4.78, 5) is 30.4. The number of aryl methyl sites for hydroxylation is 1. The van der Waals surface area contributed by atoms with E-state index in [1.165, 1.54) is 17.0 Å². The van der Waals surface area contributed by atoms with Crippen molar-refractivity contribution < 1.29 is 27.5 Å². The third-order valence-corrected chi connectivity index (χ3v) is 10.0. The second-order valence-corrected chi connectivity index (χ2v) is 15.4. The highest BCUT2D eigenvalue weighted by Gasteiger charge is 2.35. The van der Waals surface area contributed by atoms with Gasteiger partial charge in [0.1, 0.15) is 29.8 Å². The molecule has 5 aromatic carbocycles. The van der Waals surface area contributed by atoms with Crippen molar-refractivity contribution in [1.82, 2.24) is 10.2 Å². The molecule has 0 bridgehead atoms. The number of hydrogen-bond acceptors (Lipinski definition) is 6. The van der Waals surface area contributed by atoms with E-state index < -0.39 is 34.1 Å². The van der Waals surface area contributed by atoms with Crippen LogP contribution < -0.4 is 19.1 Å². The van der Waals surface area contributed by atoms with E-state index in [2.05, 4.69) is 5.32 Å². The Hall–Kier alpha value is -5.61. The minimum atomic E-state index is -4.26. The molecule has 0 fully saturated rings. The minimum absolute atomic E-state index is 0.0212. The molecule has 0 saturated carbocycles. The summed E-state index contributed by atoms with van der Waals surface area (Å²) in [5, 5.41) is 3.05. The molecule has 2 amide bonds. The van der Waals surface area contributed by atoms with Crippen LogP contribution >= 0.6 is 0 Å². The van der Waals surface area contributed by atoms with Gasteiger partial charge < -0.3 is 19.7 Å². The molecule has 9 nitrogen and oxygen atoms in total. The van der Waals surface area contributed by atoms with E-state index in [4.69, 9.17) is 9.47 Å². The van der Waals surface area contributed by atoms with Gasteiger partial charge in [-0.2, -0.15) is 0 Å². The largest absolute Gasteiger partial charge is 0.497 e. The standard InChI is InChI=1S/C42H45N3O6S/c1-31-19-25-38(26-20-31)52(48,49)45(34-21-23-36(24-22-34)51-35-16-10-7-11-17-35)30-40(46)44(29-33-15-12-18-37(27-33)50-5)39(41(47)43-42(2,3)4)28-32-13-8-6-9-14-32/h6-27,39H,28-30H2,1-5H3,(H,43,47). The van der Waals surface area contributed by atoms with Gasteiger partial charge in [-0.1, -0.05) is 78.4 Å². The van der Waals surface area contributed by atoms with Crippen molar-refractivity contribution >= 4 is 27.5 Å². The van der Waals surface area contributed by atoms with E-state index in [-0.39, 0.29) is 29.5 Å². The van der Waals surface area contributed by atoms with E-state index in [1.54, 1.807) is 55.6 Å². The molecular weight excluding hydrogens is 675 g/mol. The fourth-order valence-corrected chi connectivity index (χ4v) is 7.06. The number of nitrogens with one attached hydrogen (secondary N) is 1. The Balaban J connectivity index is 1.58. The molecule has 0 aromatic heterocycles. The van der Waals surface area contributed by atoms with Crippen LogP contribution in [0.25, 0.3) is 0 Å². The van der Waals surface area contributed by atoms with Crippen molar-refractivity contribution in [3.8, 4) is 17.2 Å². The summed E-state index contributed by atoms with van der Waals surface area (Å²) >= 11 is 0. The Bertz CT molecular complexity index is 2050. The third-order valence-electron chi connectivity index (χ3n) is 8.25. The van der Waals surface area contributed by atoms with E-state index in [0.29, 0.717) is 22.8 Å². The van der Waals surface area contributed by atoms with Gasteiger partial charge in [-0.25, -0.2) is 8.42 Å². The van der Waals surface area contributed by atoms with Crippen molar-refractivity contribution in [3.63, 3.8) is 0 Å². The molecule has 1 unspecified atom stereocenters. The van der Waals surface area contributed by atoms with Gasteiger partial charge in [-0.3, -0.25) is 13.9 Å². The van der Waals surface area contributed by atoms with Gasteiger partial charge in [0.25, 0.3) is 10.0 Å². The molecule has 0 aliphatic carbocycles. The zero-order chi connectivity index (χ0) is 37.3. The maximum atomic E-state index is 14.8. The number of carbonyl (C=O) groups is 2. The van der Waals surface area contributed by atoms with Crippen molar-refractivity contribution in [2.45, 2.75) is 57.1 Å². The van der Waals surface area contributed by atoms with Crippen molar-refractivity contribution in [2.75, 3.05) is 18.0 Å². The van der Waals surface area contributed by atoms with Gasteiger partial charge in [-0.05, 0) is 99.5 Å². The van der Waals surface area contributed by atoms with Crippen LogP contribution in [0, 0.1) is 6.92 Å². The number of rotatable bonds is 14. The summed E-state index contributed by atoms with van der Waals surface area (Å²) in [6, 6.07) is 38.0. The molecule has 0 aliphatic heterocycles. The molecule has 270 valence electrons. The number of carbonyl (C=O) groups excluding carboxylic acids is 2. The second-order valence-electron chi connectivity index (χ2n) is 13.6. The van der Waals surface area contributed by atoms with Crippen molar-refractivity contribution in [1.29, 1.82) is 0 Å². The Morgan fingerprint density at radius 3 is 1.92 bits per heavy atom. The van der Waals surface area contributed by atoms with Gasteiger partial charge in [0, 0.05) is 18.5 Å². The number of nitrogens with zero attached hydrogens (tertiary/aromatic N) is 2. The van der Waals surface area contributed by atoms with Gasteiger partial charge in [0.05, 0.1) is 17.7 Å². The number of anilines is 1. The first kappa shape index (κ1) is 37.6. The Morgan fingerprint density at radius 1 is 0.731 bits per heavy atom. The lowest BCUT2D eigenvalue weighted by atomic mass is 10.0. The summed E-state index contributed by atoms with van der Waals surface area (Å²) in [6.07, 6.45) is 0.203. The molecule has 0 radical (unpaired) electrons. The van der Waals surface area contributed by atoms with E-state index in [1.807, 2.05) is 100 Å². The predicted molar refractivity (Wildman–Crippen MR) is 204 cm³/mol. The number of ether oxygens (including phenoxy) is 2. The predicted octanol–water partition coefficient (Wildman–Crippen LogP) is 7.55. The topological polar surface area (TPSA) is 105 Å². The molecule has 1 atom stereocenters.